The number of rotatable bonds is 9. The van der Waals surface area contributed by atoms with E-state index in [9.17, 15) is 24.3 Å². The average molecular weight is 762 g/mol. The molecule has 1 aromatic carbocycles. The van der Waals surface area contributed by atoms with Gasteiger partial charge >= 0.3 is 11.9 Å². The van der Waals surface area contributed by atoms with Crippen LogP contribution >= 0.6 is 11.6 Å². The van der Waals surface area contributed by atoms with Crippen LogP contribution in [0.2, 0.25) is 5.02 Å². The lowest BCUT2D eigenvalue weighted by Gasteiger charge is -2.72. The Balaban J connectivity index is 1.27. The molecule has 7 nitrogen and oxygen atoms in total. The van der Waals surface area contributed by atoms with E-state index in [1.807, 2.05) is 31.2 Å². The third-order valence-corrected chi connectivity index (χ3v) is 16.5. The van der Waals surface area contributed by atoms with Gasteiger partial charge in [0.1, 0.15) is 6.10 Å². The number of carboxylic acids is 1. The lowest BCUT2D eigenvalue weighted by Crippen LogP contribution is -2.65. The standard InChI is InChI=1S/C46H64ClNO6/c1-27(2)38-32(49)25-46(22-19-36(50)48-28(3)29-13-11-12-14-31(29)47)24-23-44(9)30(39(38)46)15-16-34-43(8)20-18-35(54-37(51)26-41(4,5)40(52)53)42(6,7)33(43)17-21-45(34,44)10/h11-14,19,22,27-28,30,33-35H,15-18,20-21,23-26H2,1-10H3,(H,48,50)(H,52,53)/b22-19+/t28-,30+,33-,34+,35-,43-,44+,45+,46-/m0/s1. The van der Waals surface area contributed by atoms with E-state index in [4.69, 9.17) is 16.3 Å². The summed E-state index contributed by atoms with van der Waals surface area (Å²) >= 11 is 6.44. The highest BCUT2D eigenvalue weighted by molar-refractivity contribution is 6.31. The summed E-state index contributed by atoms with van der Waals surface area (Å²) in [5, 5.41) is 13.3. The number of hydrogen-bond donors (Lipinski definition) is 2. The zero-order valence-corrected chi connectivity index (χ0v) is 35.1. The van der Waals surface area contributed by atoms with E-state index in [-0.39, 0.29) is 63.8 Å². The van der Waals surface area contributed by atoms with Crippen molar-refractivity contribution in [2.75, 3.05) is 0 Å². The number of carbonyl (C=O) groups excluding carboxylic acids is 3. The van der Waals surface area contributed by atoms with Crippen LogP contribution in [0.1, 0.15) is 145 Å². The maximum Gasteiger partial charge on any atom is 0.309 e. The smallest absolute Gasteiger partial charge is 0.309 e. The maximum atomic E-state index is 14.0. The van der Waals surface area contributed by atoms with Gasteiger partial charge in [-0.3, -0.25) is 19.2 Å². The van der Waals surface area contributed by atoms with Crippen LogP contribution in [0.5, 0.6) is 0 Å². The SMILES string of the molecule is CC(C)C1=C2[C@H]3CC[C@@H]4[C@@]5(C)CC[C@H](OC(=O)CC(C)(C)C(=O)O)C(C)(C)[C@@H]5CC[C@@]4(C)[C@]3(C)CC[C@@]2(/C=C/C(=O)N[C@@H](C)c2ccccc2Cl)CC1=O. The van der Waals surface area contributed by atoms with Gasteiger partial charge in [-0.2, -0.15) is 0 Å². The molecule has 54 heavy (non-hydrogen) atoms. The number of Topliss-reactive ketones (excluding diaryl/α,β-unsaturated/α-hetero) is 1. The van der Waals surface area contributed by atoms with Gasteiger partial charge in [0, 0.05) is 22.3 Å². The zero-order valence-electron chi connectivity index (χ0n) is 34.4. The van der Waals surface area contributed by atoms with Crippen molar-refractivity contribution in [3.63, 3.8) is 0 Å². The minimum atomic E-state index is -1.17. The monoisotopic (exact) mass is 761 g/mol. The van der Waals surface area contributed by atoms with Crippen LogP contribution in [-0.2, 0) is 23.9 Å². The molecule has 0 radical (unpaired) electrons. The molecule has 296 valence electrons. The van der Waals surface area contributed by atoms with Gasteiger partial charge in [-0.1, -0.05) is 84.3 Å². The Morgan fingerprint density at radius 2 is 1.63 bits per heavy atom. The lowest BCUT2D eigenvalue weighted by molar-refractivity contribution is -0.232. The molecule has 6 rings (SSSR count). The molecule has 9 atom stereocenters. The summed E-state index contributed by atoms with van der Waals surface area (Å²) in [4.78, 5) is 52.3. The first-order valence-corrected chi connectivity index (χ1v) is 20.9. The van der Waals surface area contributed by atoms with Gasteiger partial charge in [0.2, 0.25) is 5.91 Å². The van der Waals surface area contributed by atoms with Crippen molar-refractivity contribution in [3.8, 4) is 0 Å². The molecule has 5 aliphatic carbocycles. The van der Waals surface area contributed by atoms with Crippen molar-refractivity contribution in [3.05, 3.63) is 58.1 Å². The number of amides is 1. The highest BCUT2D eigenvalue weighted by Crippen LogP contribution is 2.77. The number of esters is 1. The molecule has 2 N–H and O–H groups in total. The van der Waals surface area contributed by atoms with Crippen LogP contribution in [0, 0.1) is 56.2 Å². The summed E-state index contributed by atoms with van der Waals surface area (Å²) in [5.41, 5.74) is 1.39. The van der Waals surface area contributed by atoms with Gasteiger partial charge in [0.15, 0.2) is 5.78 Å². The molecule has 0 heterocycles. The first-order valence-electron chi connectivity index (χ1n) is 20.5. The summed E-state index contributed by atoms with van der Waals surface area (Å²) in [6.45, 7) is 21.5. The highest BCUT2D eigenvalue weighted by Gasteiger charge is 2.70. The third-order valence-electron chi connectivity index (χ3n) is 16.1. The third kappa shape index (κ3) is 6.40. The van der Waals surface area contributed by atoms with Gasteiger partial charge in [-0.05, 0) is 141 Å². The van der Waals surface area contributed by atoms with Crippen molar-refractivity contribution in [1.29, 1.82) is 0 Å². The maximum absolute atomic E-state index is 14.0. The number of aliphatic carboxylic acids is 1. The fraction of sp³-hybridized carbons (Fsp3) is 0.696. The Morgan fingerprint density at radius 3 is 2.28 bits per heavy atom. The lowest BCUT2D eigenvalue weighted by atomic mass is 9.33. The second kappa shape index (κ2) is 13.9. The topological polar surface area (TPSA) is 110 Å². The highest BCUT2D eigenvalue weighted by atomic mass is 35.5. The number of ether oxygens (including phenoxy) is 1. The van der Waals surface area contributed by atoms with E-state index < -0.39 is 22.8 Å². The molecular formula is C46H64ClNO6. The van der Waals surface area contributed by atoms with Crippen molar-refractivity contribution in [2.45, 2.75) is 146 Å². The summed E-state index contributed by atoms with van der Waals surface area (Å²) in [6.07, 6.45) is 11.6. The van der Waals surface area contributed by atoms with Crippen molar-refractivity contribution in [2.24, 2.45) is 56.2 Å². The predicted octanol–water partition coefficient (Wildman–Crippen LogP) is 10.5. The van der Waals surface area contributed by atoms with Crippen LogP contribution in [0.15, 0.2) is 47.6 Å². The largest absolute Gasteiger partial charge is 0.481 e. The number of halogens is 1. The van der Waals surface area contributed by atoms with E-state index >= 15 is 0 Å². The summed E-state index contributed by atoms with van der Waals surface area (Å²) in [7, 11) is 0. The molecule has 5 aliphatic rings. The van der Waals surface area contributed by atoms with E-state index in [1.54, 1.807) is 19.9 Å². The van der Waals surface area contributed by atoms with Crippen molar-refractivity contribution >= 4 is 35.2 Å². The molecule has 0 aromatic heterocycles. The van der Waals surface area contributed by atoms with E-state index in [0.717, 1.165) is 62.5 Å². The van der Waals surface area contributed by atoms with Gasteiger partial charge in [0.25, 0.3) is 0 Å². The van der Waals surface area contributed by atoms with E-state index in [1.165, 1.54) is 5.57 Å². The minimum absolute atomic E-state index is 0.0158. The summed E-state index contributed by atoms with van der Waals surface area (Å²) in [6, 6.07) is 7.32. The van der Waals surface area contributed by atoms with Crippen LogP contribution in [0.4, 0.5) is 0 Å². The number of benzene rings is 1. The molecule has 8 heteroatoms. The fourth-order valence-electron chi connectivity index (χ4n) is 13.1. The number of carboxylic acid groups (broad SMARTS) is 1. The number of carbonyl (C=O) groups is 4. The molecule has 4 saturated carbocycles. The zero-order chi connectivity index (χ0) is 39.8. The Morgan fingerprint density at radius 1 is 0.944 bits per heavy atom. The molecule has 4 fully saturated rings. The first-order chi connectivity index (χ1) is 25.0. The molecule has 0 spiro atoms. The minimum Gasteiger partial charge on any atom is -0.481 e. The van der Waals surface area contributed by atoms with Gasteiger partial charge in [0.05, 0.1) is 17.9 Å². The first kappa shape index (κ1) is 40.7. The second-order valence-electron chi connectivity index (χ2n) is 20.1. The molecule has 1 aromatic rings. The number of hydrogen-bond acceptors (Lipinski definition) is 5. The summed E-state index contributed by atoms with van der Waals surface area (Å²) < 4.78 is 6.16. The van der Waals surface area contributed by atoms with Crippen molar-refractivity contribution in [1.82, 2.24) is 5.32 Å². The number of allylic oxidation sites excluding steroid dienone is 3. The molecular weight excluding hydrogens is 698 g/mol. The number of ketones is 1. The molecule has 0 unspecified atom stereocenters. The molecule has 0 bridgehead atoms. The molecule has 1 amide bonds. The normalized spacial score (nSPS) is 36.6. The van der Waals surface area contributed by atoms with Crippen molar-refractivity contribution < 1.29 is 29.0 Å². The van der Waals surface area contributed by atoms with Gasteiger partial charge < -0.3 is 15.2 Å². The van der Waals surface area contributed by atoms with Gasteiger partial charge in [-0.15, -0.1) is 0 Å². The Labute approximate surface area is 328 Å². The fourth-order valence-corrected chi connectivity index (χ4v) is 13.4. The van der Waals surface area contributed by atoms with Crippen LogP contribution in [0.3, 0.4) is 0 Å². The molecule has 0 aliphatic heterocycles. The average Bonchev–Trinajstić information content (AvgIpc) is 3.37. The molecule has 0 saturated heterocycles. The quantitative estimate of drug-likeness (QED) is 0.192. The van der Waals surface area contributed by atoms with Crippen LogP contribution in [0.25, 0.3) is 0 Å². The Hall–Kier alpha value is -2.93. The van der Waals surface area contributed by atoms with Gasteiger partial charge in [-0.25, -0.2) is 0 Å². The number of fused-ring (bicyclic) bond motifs is 7. The van der Waals surface area contributed by atoms with E-state index in [0.29, 0.717) is 23.3 Å². The van der Waals surface area contributed by atoms with Crippen LogP contribution in [-0.4, -0.2) is 34.8 Å². The Kier molecular flexibility index (Phi) is 10.5. The summed E-state index contributed by atoms with van der Waals surface area (Å²) in [5.74, 6) is -0.151. The Bertz CT molecular complexity index is 1770. The van der Waals surface area contributed by atoms with Crippen LogP contribution < -0.4 is 5.32 Å². The van der Waals surface area contributed by atoms with E-state index in [2.05, 4.69) is 59.9 Å². The number of nitrogens with one attached hydrogen (secondary N) is 1. The second-order valence-corrected chi connectivity index (χ2v) is 20.5. The predicted molar refractivity (Wildman–Crippen MR) is 212 cm³/mol.